The van der Waals surface area contributed by atoms with E-state index in [4.69, 9.17) is 13.6 Å². The lowest BCUT2D eigenvalue weighted by Crippen LogP contribution is -2.63. The summed E-state index contributed by atoms with van der Waals surface area (Å²) in [7, 11) is -2.55. The molecule has 0 saturated heterocycles. The third-order valence-electron chi connectivity index (χ3n) is 4.72. The Labute approximate surface area is 192 Å². The zero-order valence-corrected chi connectivity index (χ0v) is 19.7. The lowest BCUT2D eigenvalue weighted by molar-refractivity contribution is 0.208. The minimum atomic E-state index is -2.55. The third-order valence-corrected chi connectivity index (χ3v) is 8.30. The van der Waals surface area contributed by atoms with E-state index in [0.717, 1.165) is 21.9 Å². The largest absolute Gasteiger partial charge is 0.457 e. The highest BCUT2D eigenvalue weighted by Crippen LogP contribution is 2.19. The predicted octanol–water partition coefficient (Wildman–Crippen LogP) is 5.79. The minimum absolute atomic E-state index is 0.649. The van der Waals surface area contributed by atoms with Gasteiger partial charge >= 0.3 is 8.56 Å². The molecule has 0 bridgehead atoms. The van der Waals surface area contributed by atoms with Crippen LogP contribution in [0.1, 0.15) is 13.8 Å². The third kappa shape index (κ3) is 6.41. The molecule has 4 aromatic rings. The van der Waals surface area contributed by atoms with Gasteiger partial charge in [-0.2, -0.15) is 0 Å². The van der Waals surface area contributed by atoms with Crippen LogP contribution in [0.4, 0.5) is 0 Å². The first-order valence-corrected chi connectivity index (χ1v) is 12.8. The van der Waals surface area contributed by atoms with Crippen LogP contribution >= 0.6 is 0 Å². The summed E-state index contributed by atoms with van der Waals surface area (Å²) >= 11 is 0. The fourth-order valence-electron chi connectivity index (χ4n) is 3.38. The van der Waals surface area contributed by atoms with E-state index in [1.807, 2.05) is 111 Å². The maximum atomic E-state index is 6.16. The van der Waals surface area contributed by atoms with Crippen molar-refractivity contribution in [3.8, 4) is 11.5 Å². The highest BCUT2D eigenvalue weighted by molar-refractivity contribution is 6.92. The smallest absolute Gasteiger partial charge is 0.407 e. The Morgan fingerprint density at radius 3 is 1.09 bits per heavy atom. The van der Waals surface area contributed by atoms with Gasteiger partial charge in [-0.05, 0) is 48.5 Å². The summed E-state index contributed by atoms with van der Waals surface area (Å²) in [6.45, 7) is 5.34. The second-order valence-electron chi connectivity index (χ2n) is 6.94. The van der Waals surface area contributed by atoms with Gasteiger partial charge in [-0.25, -0.2) is 0 Å². The van der Waals surface area contributed by atoms with E-state index in [-0.39, 0.29) is 0 Å². The van der Waals surface area contributed by atoms with Crippen molar-refractivity contribution in [2.45, 2.75) is 13.8 Å². The highest BCUT2D eigenvalue weighted by Gasteiger charge is 2.41. The second kappa shape index (κ2) is 12.6. The summed E-state index contributed by atoms with van der Waals surface area (Å²) in [5.41, 5.74) is 0. The molecule has 0 radical (unpaired) electrons. The molecular weight excluding hydrogens is 412 g/mol. The molecule has 0 N–H and O–H groups in total. The van der Waals surface area contributed by atoms with Gasteiger partial charge in [-0.15, -0.1) is 0 Å². The fraction of sp³-hybridized carbons (Fsp3) is 0.143. The van der Waals surface area contributed by atoms with E-state index in [0.29, 0.717) is 13.2 Å². The van der Waals surface area contributed by atoms with Gasteiger partial charge in [0, 0.05) is 13.2 Å². The van der Waals surface area contributed by atoms with Crippen LogP contribution in [0.15, 0.2) is 121 Å². The van der Waals surface area contributed by atoms with Crippen molar-refractivity contribution >= 4 is 18.9 Å². The molecule has 0 aliphatic rings. The average Bonchev–Trinajstić information content (AvgIpc) is 2.87. The molecule has 0 spiro atoms. The quantitative estimate of drug-likeness (QED) is 0.323. The topological polar surface area (TPSA) is 27.7 Å². The van der Waals surface area contributed by atoms with Crippen LogP contribution in [0.3, 0.4) is 0 Å². The number of para-hydroxylation sites is 2. The molecule has 4 aromatic carbocycles. The predicted molar refractivity (Wildman–Crippen MR) is 134 cm³/mol. The van der Waals surface area contributed by atoms with Gasteiger partial charge in [-0.3, -0.25) is 0 Å². The summed E-state index contributed by atoms with van der Waals surface area (Å²) < 4.78 is 17.9. The summed E-state index contributed by atoms with van der Waals surface area (Å²) in [5, 5.41) is 2.31. The monoisotopic (exact) mass is 442 g/mol. The number of rotatable bonds is 8. The standard InChI is InChI=1S/C16H20O2Si.C12H10O/c1-3-17-19(18-4-2,15-11-7-5-8-12-15)16-13-9-6-10-14-16;1-3-7-11(8-4-1)13-12-9-5-2-6-10-12/h5-14H,3-4H2,1-2H3;1-10H. The van der Waals surface area contributed by atoms with Crippen LogP contribution in [0.5, 0.6) is 11.5 Å². The molecule has 32 heavy (non-hydrogen) atoms. The van der Waals surface area contributed by atoms with Gasteiger partial charge in [0.2, 0.25) is 0 Å². The van der Waals surface area contributed by atoms with Crippen molar-refractivity contribution < 1.29 is 13.6 Å². The van der Waals surface area contributed by atoms with Gasteiger partial charge in [0.05, 0.1) is 0 Å². The number of benzene rings is 4. The van der Waals surface area contributed by atoms with Crippen molar-refractivity contribution in [1.82, 2.24) is 0 Å². The molecule has 0 aliphatic heterocycles. The molecule has 0 amide bonds. The van der Waals surface area contributed by atoms with Gasteiger partial charge in [0.15, 0.2) is 0 Å². The average molecular weight is 443 g/mol. The SMILES string of the molecule is CCO[Si](OCC)(c1ccccc1)c1ccccc1.c1ccc(Oc2ccccc2)cc1. The molecule has 0 aliphatic carbocycles. The lowest BCUT2D eigenvalue weighted by Gasteiger charge is -2.30. The van der Waals surface area contributed by atoms with Gasteiger partial charge < -0.3 is 13.6 Å². The maximum Gasteiger partial charge on any atom is 0.407 e. The normalized spacial score (nSPS) is 10.7. The molecule has 0 fully saturated rings. The first kappa shape index (κ1) is 23.5. The van der Waals surface area contributed by atoms with Gasteiger partial charge in [0.1, 0.15) is 11.5 Å². The molecule has 3 nitrogen and oxygen atoms in total. The number of ether oxygens (including phenoxy) is 1. The first-order chi connectivity index (χ1) is 15.8. The molecule has 0 heterocycles. The molecular formula is C28H30O3Si. The summed E-state index contributed by atoms with van der Waals surface area (Å²) in [6.07, 6.45) is 0. The molecule has 0 unspecified atom stereocenters. The zero-order chi connectivity index (χ0) is 22.5. The lowest BCUT2D eigenvalue weighted by atomic mass is 10.3. The maximum absolute atomic E-state index is 6.16. The van der Waals surface area contributed by atoms with Crippen molar-refractivity contribution in [2.75, 3.05) is 13.2 Å². The Morgan fingerprint density at radius 2 is 0.781 bits per heavy atom. The fourth-order valence-corrected chi connectivity index (χ4v) is 6.54. The molecule has 4 rings (SSSR count). The Balaban J connectivity index is 0.000000193. The molecule has 0 atom stereocenters. The van der Waals surface area contributed by atoms with Crippen molar-refractivity contribution in [2.24, 2.45) is 0 Å². The summed E-state index contributed by atoms with van der Waals surface area (Å²) in [4.78, 5) is 0. The van der Waals surface area contributed by atoms with E-state index in [2.05, 4.69) is 24.3 Å². The van der Waals surface area contributed by atoms with Crippen LogP contribution in [-0.4, -0.2) is 21.8 Å². The van der Waals surface area contributed by atoms with Crippen LogP contribution in [-0.2, 0) is 8.85 Å². The second-order valence-corrected chi connectivity index (χ2v) is 9.91. The van der Waals surface area contributed by atoms with E-state index in [1.165, 1.54) is 0 Å². The van der Waals surface area contributed by atoms with E-state index in [9.17, 15) is 0 Å². The van der Waals surface area contributed by atoms with Gasteiger partial charge in [-0.1, -0.05) is 97.1 Å². The van der Waals surface area contributed by atoms with Crippen molar-refractivity contribution in [3.05, 3.63) is 121 Å². The molecule has 0 aromatic heterocycles. The number of hydrogen-bond acceptors (Lipinski definition) is 3. The Kier molecular flexibility index (Phi) is 9.26. The number of hydrogen-bond donors (Lipinski definition) is 0. The molecule has 4 heteroatoms. The highest BCUT2D eigenvalue weighted by atomic mass is 28.4. The molecule has 0 saturated carbocycles. The van der Waals surface area contributed by atoms with Crippen LogP contribution in [0, 0.1) is 0 Å². The van der Waals surface area contributed by atoms with Gasteiger partial charge in [0.25, 0.3) is 0 Å². The first-order valence-electron chi connectivity index (χ1n) is 11.0. The Morgan fingerprint density at radius 1 is 0.469 bits per heavy atom. The van der Waals surface area contributed by atoms with Crippen molar-refractivity contribution in [1.29, 1.82) is 0 Å². The zero-order valence-electron chi connectivity index (χ0n) is 18.7. The van der Waals surface area contributed by atoms with Crippen molar-refractivity contribution in [3.63, 3.8) is 0 Å². The Bertz CT molecular complexity index is 924. The minimum Gasteiger partial charge on any atom is -0.457 e. The van der Waals surface area contributed by atoms with Crippen LogP contribution in [0.25, 0.3) is 0 Å². The summed E-state index contributed by atoms with van der Waals surface area (Å²) in [6, 6.07) is 40.1. The van der Waals surface area contributed by atoms with Crippen LogP contribution < -0.4 is 15.1 Å². The molecule has 164 valence electrons. The van der Waals surface area contributed by atoms with E-state index < -0.39 is 8.56 Å². The van der Waals surface area contributed by atoms with E-state index in [1.54, 1.807) is 0 Å². The van der Waals surface area contributed by atoms with E-state index >= 15 is 0 Å². The Hall–Kier alpha value is -3.18. The van der Waals surface area contributed by atoms with Crippen LogP contribution in [0.2, 0.25) is 0 Å². The summed E-state index contributed by atoms with van der Waals surface area (Å²) in [5.74, 6) is 1.74.